The van der Waals surface area contributed by atoms with E-state index in [1.54, 1.807) is 12.1 Å². The summed E-state index contributed by atoms with van der Waals surface area (Å²) in [6.07, 6.45) is 2.24. The smallest absolute Gasteiger partial charge is 0.264 e. The van der Waals surface area contributed by atoms with Crippen molar-refractivity contribution < 1.29 is 9.18 Å². The van der Waals surface area contributed by atoms with Crippen molar-refractivity contribution in [1.29, 1.82) is 0 Å². The third kappa shape index (κ3) is 2.97. The van der Waals surface area contributed by atoms with Gasteiger partial charge in [-0.15, -0.1) is 5.10 Å². The lowest BCUT2D eigenvalue weighted by Crippen LogP contribution is -2.38. The Morgan fingerprint density at radius 1 is 1.55 bits per heavy atom. The summed E-state index contributed by atoms with van der Waals surface area (Å²) in [5, 5.41) is 6.75. The number of amides is 1. The minimum Gasteiger partial charge on any atom is -0.347 e. The van der Waals surface area contributed by atoms with Crippen LogP contribution in [0.15, 0.2) is 24.4 Å². The van der Waals surface area contributed by atoms with Crippen molar-refractivity contribution in [3.05, 3.63) is 45.7 Å². The van der Waals surface area contributed by atoms with E-state index < -0.39 is 5.82 Å². The summed E-state index contributed by atoms with van der Waals surface area (Å²) in [6.45, 7) is 0.820. The summed E-state index contributed by atoms with van der Waals surface area (Å²) in [5.74, 6) is -0.647. The van der Waals surface area contributed by atoms with Crippen LogP contribution < -0.4 is 5.32 Å². The maximum Gasteiger partial charge on any atom is 0.264 e. The zero-order chi connectivity index (χ0) is 15.7. The lowest BCUT2D eigenvalue weighted by molar-refractivity contribution is 0.0931. The number of hydrogen-bond donors (Lipinski definition) is 1. The maximum absolute atomic E-state index is 13.7. The number of halogens is 2. The molecule has 0 aliphatic carbocycles. The Morgan fingerprint density at radius 3 is 3.05 bits per heavy atom. The molecule has 2 aromatic rings. The Bertz CT molecular complexity index is 681. The molecule has 1 saturated heterocycles. The van der Waals surface area contributed by atoms with E-state index in [1.807, 2.05) is 7.05 Å². The fourth-order valence-corrected chi connectivity index (χ4v) is 3.32. The molecule has 0 saturated carbocycles. The van der Waals surface area contributed by atoms with Crippen LogP contribution in [0.4, 0.5) is 4.39 Å². The summed E-state index contributed by atoms with van der Waals surface area (Å²) in [6, 6.07) is 4.59. The molecule has 1 aromatic carbocycles. The second kappa shape index (κ2) is 6.28. The summed E-state index contributed by atoms with van der Waals surface area (Å²) in [5.41, 5.74) is 0.801. The van der Waals surface area contributed by atoms with Crippen molar-refractivity contribution in [2.75, 3.05) is 13.6 Å². The molecule has 22 heavy (non-hydrogen) atoms. The Balaban J connectivity index is 1.81. The molecular weight excluding hydrogens is 327 g/mol. The van der Waals surface area contributed by atoms with Crippen molar-refractivity contribution in [1.82, 2.24) is 19.8 Å². The van der Waals surface area contributed by atoms with Crippen molar-refractivity contribution in [3.63, 3.8) is 0 Å². The van der Waals surface area contributed by atoms with Gasteiger partial charge in [-0.05, 0) is 42.7 Å². The molecule has 1 aromatic heterocycles. The van der Waals surface area contributed by atoms with Crippen molar-refractivity contribution >= 4 is 29.0 Å². The first-order chi connectivity index (χ1) is 10.6. The predicted octanol–water partition coefficient (Wildman–Crippen LogP) is 2.51. The number of likely N-dealkylation sites (N-methyl/N-ethyl adjacent to an activating group) is 1. The predicted molar refractivity (Wildman–Crippen MR) is 82.6 cm³/mol. The van der Waals surface area contributed by atoms with E-state index in [2.05, 4.69) is 19.8 Å². The fourth-order valence-electron chi connectivity index (χ4n) is 2.79. The standard InChI is InChI=1S/C14H14ClFN4OS/c1-20-5-4-11(18-14(21)12-7-17-19-22-12)13(20)8-2-3-9(15)10(16)6-8/h2-3,6-7,11,13H,4-5H2,1H3,(H,18,21)/t11-,13+/m1/s1. The van der Waals surface area contributed by atoms with Gasteiger partial charge in [0.2, 0.25) is 0 Å². The number of nitrogens with one attached hydrogen (secondary N) is 1. The first-order valence-electron chi connectivity index (χ1n) is 6.79. The molecule has 1 amide bonds. The molecule has 0 spiro atoms. The summed E-state index contributed by atoms with van der Waals surface area (Å²) in [4.78, 5) is 14.7. The Kier molecular flexibility index (Phi) is 4.37. The number of carbonyl (C=O) groups is 1. The molecule has 0 bridgehead atoms. The van der Waals surface area contributed by atoms with Gasteiger partial charge in [0, 0.05) is 6.54 Å². The Labute approximate surface area is 136 Å². The van der Waals surface area contributed by atoms with Gasteiger partial charge in [0.25, 0.3) is 5.91 Å². The van der Waals surface area contributed by atoms with Crippen molar-refractivity contribution in [2.45, 2.75) is 18.5 Å². The van der Waals surface area contributed by atoms with Crippen molar-refractivity contribution in [3.8, 4) is 0 Å². The van der Waals surface area contributed by atoms with Crippen LogP contribution in [0.2, 0.25) is 5.02 Å². The molecule has 1 N–H and O–H groups in total. The van der Waals surface area contributed by atoms with E-state index in [0.717, 1.165) is 30.1 Å². The van der Waals surface area contributed by atoms with Gasteiger partial charge in [-0.25, -0.2) is 4.39 Å². The Hall–Kier alpha value is -1.57. The third-order valence-electron chi connectivity index (χ3n) is 3.84. The van der Waals surface area contributed by atoms with E-state index in [1.165, 1.54) is 12.3 Å². The highest BCUT2D eigenvalue weighted by Crippen LogP contribution is 2.32. The van der Waals surface area contributed by atoms with Gasteiger partial charge in [-0.1, -0.05) is 22.2 Å². The van der Waals surface area contributed by atoms with Crippen molar-refractivity contribution in [2.24, 2.45) is 0 Å². The average molecular weight is 341 g/mol. The highest BCUT2D eigenvalue weighted by Gasteiger charge is 2.34. The average Bonchev–Trinajstić information content (AvgIpc) is 3.13. The minimum atomic E-state index is -0.448. The third-order valence-corrected chi connectivity index (χ3v) is 4.81. The van der Waals surface area contributed by atoms with Crippen LogP contribution in [-0.2, 0) is 0 Å². The normalized spacial score (nSPS) is 22.0. The van der Waals surface area contributed by atoms with Gasteiger partial charge in [-0.3, -0.25) is 9.69 Å². The number of rotatable bonds is 3. The maximum atomic E-state index is 13.7. The molecule has 3 rings (SSSR count). The van der Waals surface area contributed by atoms with Crippen LogP contribution in [0, 0.1) is 5.82 Å². The second-order valence-corrected chi connectivity index (χ2v) is 6.44. The lowest BCUT2D eigenvalue weighted by Gasteiger charge is -2.26. The van der Waals surface area contributed by atoms with Gasteiger partial charge in [-0.2, -0.15) is 0 Å². The molecule has 1 aliphatic rings. The summed E-state index contributed by atoms with van der Waals surface area (Å²) in [7, 11) is 1.96. The number of carbonyl (C=O) groups excluding carboxylic acids is 1. The molecule has 8 heteroatoms. The van der Waals surface area contributed by atoms with E-state index in [9.17, 15) is 9.18 Å². The first kappa shape index (κ1) is 15.3. The minimum absolute atomic E-state index is 0.0865. The second-order valence-electron chi connectivity index (χ2n) is 5.25. The van der Waals surface area contributed by atoms with Gasteiger partial charge in [0.1, 0.15) is 10.7 Å². The SMILES string of the molecule is CN1CC[C@@H](NC(=O)c2cnns2)[C@@H]1c1ccc(Cl)c(F)c1. The monoisotopic (exact) mass is 340 g/mol. The van der Waals surface area contributed by atoms with Crippen LogP contribution >= 0.6 is 23.1 Å². The van der Waals surface area contributed by atoms with Crippen LogP contribution in [0.5, 0.6) is 0 Å². The number of benzene rings is 1. The van der Waals surface area contributed by atoms with E-state index in [0.29, 0.717) is 4.88 Å². The van der Waals surface area contributed by atoms with E-state index in [4.69, 9.17) is 11.6 Å². The number of likely N-dealkylation sites (tertiary alicyclic amines) is 1. The number of nitrogens with zero attached hydrogens (tertiary/aromatic N) is 3. The highest BCUT2D eigenvalue weighted by atomic mass is 35.5. The van der Waals surface area contributed by atoms with Gasteiger partial charge in [0.15, 0.2) is 0 Å². The molecule has 5 nitrogen and oxygen atoms in total. The van der Waals surface area contributed by atoms with E-state index in [-0.39, 0.29) is 23.0 Å². The van der Waals surface area contributed by atoms with Gasteiger partial charge >= 0.3 is 0 Å². The molecule has 2 atom stereocenters. The fraction of sp³-hybridized carbons (Fsp3) is 0.357. The Morgan fingerprint density at radius 2 is 2.36 bits per heavy atom. The first-order valence-corrected chi connectivity index (χ1v) is 7.95. The van der Waals surface area contributed by atoms with Gasteiger partial charge in [0.05, 0.1) is 23.3 Å². The molecule has 1 aliphatic heterocycles. The quantitative estimate of drug-likeness (QED) is 0.932. The van der Waals surface area contributed by atoms with Crippen LogP contribution in [0.3, 0.4) is 0 Å². The van der Waals surface area contributed by atoms with Crippen LogP contribution in [0.1, 0.15) is 27.7 Å². The molecule has 116 valence electrons. The van der Waals surface area contributed by atoms with Crippen LogP contribution in [0.25, 0.3) is 0 Å². The molecular formula is C14H14ClFN4OS. The summed E-state index contributed by atoms with van der Waals surface area (Å²) < 4.78 is 17.4. The zero-order valence-electron chi connectivity index (χ0n) is 11.8. The topological polar surface area (TPSA) is 58.1 Å². The zero-order valence-corrected chi connectivity index (χ0v) is 13.4. The van der Waals surface area contributed by atoms with Gasteiger partial charge < -0.3 is 5.32 Å². The number of aromatic nitrogens is 2. The van der Waals surface area contributed by atoms with Crippen LogP contribution in [-0.4, -0.2) is 40.0 Å². The molecule has 0 radical (unpaired) electrons. The molecule has 1 fully saturated rings. The largest absolute Gasteiger partial charge is 0.347 e. The van der Waals surface area contributed by atoms with E-state index >= 15 is 0 Å². The summed E-state index contributed by atoms with van der Waals surface area (Å²) >= 11 is 6.79. The molecule has 2 heterocycles. The molecule has 0 unspecified atom stereocenters. The highest BCUT2D eigenvalue weighted by molar-refractivity contribution is 7.07. The number of hydrogen-bond acceptors (Lipinski definition) is 5. The lowest BCUT2D eigenvalue weighted by atomic mass is 10.00.